The van der Waals surface area contributed by atoms with Crippen LogP contribution in [0.4, 0.5) is 4.79 Å². The quantitative estimate of drug-likeness (QED) is 0.0246. The molecule has 0 spiro atoms. The van der Waals surface area contributed by atoms with Crippen LogP contribution in [0.3, 0.4) is 0 Å². The molecule has 0 aromatic carbocycles. The van der Waals surface area contributed by atoms with Crippen molar-refractivity contribution in [2.45, 2.75) is 62.3 Å². The van der Waals surface area contributed by atoms with Gasteiger partial charge in [0.25, 0.3) is 0 Å². The van der Waals surface area contributed by atoms with Crippen molar-refractivity contribution in [1.29, 1.82) is 0 Å². The molecule has 0 saturated carbocycles. The summed E-state index contributed by atoms with van der Waals surface area (Å²) in [6.45, 7) is 7.77. The highest BCUT2D eigenvalue weighted by atomic mass is 32.2. The van der Waals surface area contributed by atoms with E-state index in [0.29, 0.717) is 130 Å². The van der Waals surface area contributed by atoms with Crippen molar-refractivity contribution in [3.63, 3.8) is 0 Å². The van der Waals surface area contributed by atoms with E-state index in [2.05, 4.69) is 31.3 Å². The van der Waals surface area contributed by atoms with Crippen LogP contribution in [-0.2, 0) is 42.7 Å². The Bertz CT molecular complexity index is 935. The van der Waals surface area contributed by atoms with Gasteiger partial charge in [0.2, 0.25) is 11.8 Å². The monoisotopic (exact) mass is 719 g/mol. The zero-order valence-electron chi connectivity index (χ0n) is 28.7. The number of ether oxygens (including phenoxy) is 7. The van der Waals surface area contributed by atoms with Gasteiger partial charge in [0.1, 0.15) is 0 Å². The van der Waals surface area contributed by atoms with Gasteiger partial charge in [0, 0.05) is 61.6 Å². The SMILES string of the molecule is [N-]=[N+]=NCCOCCOCCOCCOCCC(=O)NCCCOCCOCCOCCCNC(=O)CCCC[C@@H]1SC[C@H]2NC(=O)N[C@@H]12. The minimum atomic E-state index is -0.0649. The van der Waals surface area contributed by atoms with Crippen molar-refractivity contribution in [1.82, 2.24) is 21.3 Å². The van der Waals surface area contributed by atoms with Crippen LogP contribution in [0.15, 0.2) is 5.11 Å². The molecular formula is C31H57N7O10S. The number of carbonyl (C=O) groups is 3. The van der Waals surface area contributed by atoms with Crippen molar-refractivity contribution in [2.75, 3.05) is 118 Å². The molecule has 0 aromatic heterocycles. The Morgan fingerprint density at radius 2 is 1.20 bits per heavy atom. The summed E-state index contributed by atoms with van der Waals surface area (Å²) in [6.07, 6.45) is 5.12. The molecule has 4 amide bonds. The van der Waals surface area contributed by atoms with Crippen LogP contribution in [0.2, 0.25) is 0 Å². The van der Waals surface area contributed by atoms with Gasteiger partial charge >= 0.3 is 6.03 Å². The van der Waals surface area contributed by atoms with Gasteiger partial charge in [-0.2, -0.15) is 11.8 Å². The van der Waals surface area contributed by atoms with Crippen molar-refractivity contribution in [3.05, 3.63) is 10.4 Å². The lowest BCUT2D eigenvalue weighted by Gasteiger charge is -2.16. The number of amides is 4. The number of fused-ring (bicyclic) bond motifs is 1. The van der Waals surface area contributed by atoms with Crippen LogP contribution in [0.25, 0.3) is 10.4 Å². The number of rotatable bonds is 34. The number of azide groups is 1. The van der Waals surface area contributed by atoms with Gasteiger partial charge in [-0.25, -0.2) is 4.79 Å². The van der Waals surface area contributed by atoms with Crippen LogP contribution in [0.1, 0.15) is 44.9 Å². The maximum Gasteiger partial charge on any atom is 0.315 e. The molecule has 2 rings (SSSR count). The zero-order chi connectivity index (χ0) is 35.0. The third kappa shape index (κ3) is 23.6. The summed E-state index contributed by atoms with van der Waals surface area (Å²) < 4.78 is 38.0. The largest absolute Gasteiger partial charge is 0.379 e. The lowest BCUT2D eigenvalue weighted by molar-refractivity contribution is -0.122. The highest BCUT2D eigenvalue weighted by Gasteiger charge is 2.42. The molecule has 18 heteroatoms. The van der Waals surface area contributed by atoms with E-state index in [1.165, 1.54) is 0 Å². The van der Waals surface area contributed by atoms with Gasteiger partial charge < -0.3 is 54.4 Å². The first kappa shape index (κ1) is 42.8. The molecule has 0 bridgehead atoms. The van der Waals surface area contributed by atoms with Crippen LogP contribution in [0, 0.1) is 0 Å². The van der Waals surface area contributed by atoms with E-state index in [1.807, 2.05) is 11.8 Å². The summed E-state index contributed by atoms with van der Waals surface area (Å²) in [5, 5.41) is 15.5. The van der Waals surface area contributed by atoms with Crippen LogP contribution in [0.5, 0.6) is 0 Å². The zero-order valence-corrected chi connectivity index (χ0v) is 29.6. The average molecular weight is 720 g/mol. The molecule has 282 valence electrons. The summed E-state index contributed by atoms with van der Waals surface area (Å²) in [5.74, 6) is 0.966. The van der Waals surface area contributed by atoms with Crippen molar-refractivity contribution in [2.24, 2.45) is 5.11 Å². The second kappa shape index (κ2) is 30.4. The first-order valence-electron chi connectivity index (χ1n) is 17.4. The lowest BCUT2D eigenvalue weighted by Crippen LogP contribution is -2.36. The predicted molar refractivity (Wildman–Crippen MR) is 184 cm³/mol. The summed E-state index contributed by atoms with van der Waals surface area (Å²) >= 11 is 1.90. The second-order valence-electron chi connectivity index (χ2n) is 11.3. The number of nitrogens with zero attached hydrogens (tertiary/aromatic N) is 3. The fourth-order valence-electron chi connectivity index (χ4n) is 4.87. The molecule has 4 N–H and O–H groups in total. The van der Waals surface area contributed by atoms with E-state index in [-0.39, 0.29) is 36.3 Å². The normalized spacial score (nSPS) is 18.0. The highest BCUT2D eigenvalue weighted by molar-refractivity contribution is 8.00. The molecule has 2 saturated heterocycles. The molecule has 3 atom stereocenters. The predicted octanol–water partition coefficient (Wildman–Crippen LogP) is 1.54. The number of thioether (sulfide) groups is 1. The Labute approximate surface area is 293 Å². The maximum absolute atomic E-state index is 12.0. The topological polar surface area (TPSA) is 213 Å². The molecule has 0 radical (unpaired) electrons. The maximum atomic E-state index is 12.0. The Hall–Kier alpha value is -2.41. The van der Waals surface area contributed by atoms with E-state index < -0.39 is 0 Å². The summed E-state index contributed by atoms with van der Waals surface area (Å²) in [4.78, 5) is 38.0. The lowest BCUT2D eigenvalue weighted by atomic mass is 10.0. The minimum Gasteiger partial charge on any atom is -0.379 e. The Balaban J connectivity index is 1.20. The van der Waals surface area contributed by atoms with Gasteiger partial charge in [0.15, 0.2) is 0 Å². The van der Waals surface area contributed by atoms with Gasteiger partial charge in [-0.05, 0) is 31.2 Å². The third-order valence-corrected chi connectivity index (χ3v) is 8.90. The molecule has 17 nitrogen and oxygen atoms in total. The number of unbranched alkanes of at least 4 members (excludes halogenated alkanes) is 1. The summed E-state index contributed by atoms with van der Waals surface area (Å²) in [7, 11) is 0. The van der Waals surface area contributed by atoms with E-state index >= 15 is 0 Å². The summed E-state index contributed by atoms with van der Waals surface area (Å²) in [5.41, 5.74) is 8.14. The van der Waals surface area contributed by atoms with Crippen LogP contribution < -0.4 is 21.3 Å². The number of nitrogens with one attached hydrogen (secondary N) is 4. The van der Waals surface area contributed by atoms with E-state index in [4.69, 9.17) is 38.7 Å². The number of hydrogen-bond acceptors (Lipinski definition) is 12. The average Bonchev–Trinajstić information content (AvgIpc) is 3.65. The molecule has 0 unspecified atom stereocenters. The molecule has 2 heterocycles. The Morgan fingerprint density at radius 1 is 0.694 bits per heavy atom. The van der Waals surface area contributed by atoms with E-state index in [1.54, 1.807) is 0 Å². The number of hydrogen-bond donors (Lipinski definition) is 4. The smallest absolute Gasteiger partial charge is 0.315 e. The molecular weight excluding hydrogens is 662 g/mol. The molecule has 2 aliphatic rings. The first-order valence-corrected chi connectivity index (χ1v) is 18.4. The summed E-state index contributed by atoms with van der Waals surface area (Å²) in [6, 6.07) is 0.407. The van der Waals surface area contributed by atoms with Crippen LogP contribution >= 0.6 is 11.8 Å². The Morgan fingerprint density at radius 3 is 1.78 bits per heavy atom. The first-order chi connectivity index (χ1) is 24.1. The fourth-order valence-corrected chi connectivity index (χ4v) is 6.42. The van der Waals surface area contributed by atoms with Gasteiger partial charge in [-0.1, -0.05) is 11.5 Å². The van der Waals surface area contributed by atoms with Gasteiger partial charge in [0.05, 0.1) is 91.4 Å². The molecule has 49 heavy (non-hydrogen) atoms. The van der Waals surface area contributed by atoms with Crippen molar-refractivity contribution in [3.8, 4) is 0 Å². The highest BCUT2D eigenvalue weighted by Crippen LogP contribution is 2.33. The second-order valence-corrected chi connectivity index (χ2v) is 12.5. The molecule has 2 aliphatic heterocycles. The minimum absolute atomic E-state index is 0.0613. The number of urea groups is 1. The fraction of sp³-hybridized carbons (Fsp3) is 0.903. The molecule has 2 fully saturated rings. The third-order valence-electron chi connectivity index (χ3n) is 7.39. The standard InChI is InChI=1S/C31H57N7O10S/c32-38-35-10-14-45-18-22-48-24-23-47-21-17-44-13-7-29(40)34-9-4-12-43-16-20-46-19-15-42-11-3-8-33-28(39)6-2-1-5-27-30-26(25-49-27)36-31(41)37-30/h26-27,30H,1-25H2,(H,33,39)(H,34,40)(H2,36,37,41)/t26-,27+,30-/m1/s1. The van der Waals surface area contributed by atoms with E-state index in [9.17, 15) is 14.4 Å². The van der Waals surface area contributed by atoms with Gasteiger partial charge in [-0.3, -0.25) is 9.59 Å². The van der Waals surface area contributed by atoms with E-state index in [0.717, 1.165) is 31.4 Å². The number of carbonyl (C=O) groups excluding carboxylic acids is 3. The van der Waals surface area contributed by atoms with Crippen LogP contribution in [-0.4, -0.2) is 153 Å². The molecule has 0 aliphatic carbocycles. The Kier molecular flexibility index (Phi) is 26.5. The van der Waals surface area contributed by atoms with Crippen molar-refractivity contribution < 1.29 is 47.5 Å². The molecule has 0 aromatic rings. The van der Waals surface area contributed by atoms with Crippen molar-refractivity contribution >= 4 is 29.6 Å². The van der Waals surface area contributed by atoms with Gasteiger partial charge in [-0.15, -0.1) is 0 Å².